The Kier molecular flexibility index (Phi) is 4.56. The topological polar surface area (TPSA) is 47.0 Å². The third-order valence-electron chi connectivity index (χ3n) is 3.50. The van der Waals surface area contributed by atoms with Crippen LogP contribution in [0.15, 0.2) is 30.5 Å². The number of hydrogen-bond donors (Lipinski definition) is 1. The fourth-order valence-electron chi connectivity index (χ4n) is 2.13. The van der Waals surface area contributed by atoms with Crippen LogP contribution in [0.4, 0.5) is 0 Å². The minimum absolute atomic E-state index is 0.764. The van der Waals surface area contributed by atoms with Gasteiger partial charge in [0.05, 0.1) is 22.9 Å². The second kappa shape index (κ2) is 6.77. The first kappa shape index (κ1) is 13.5. The lowest BCUT2D eigenvalue weighted by atomic mass is 10.3. The molecule has 20 heavy (non-hydrogen) atoms. The van der Waals surface area contributed by atoms with Gasteiger partial charge in [0.2, 0.25) is 0 Å². The summed E-state index contributed by atoms with van der Waals surface area (Å²) in [5, 5.41) is 3.39. The number of para-hydroxylation sites is 2. The summed E-state index contributed by atoms with van der Waals surface area (Å²) in [6.45, 7) is 3.53. The summed E-state index contributed by atoms with van der Waals surface area (Å²) in [5.74, 6) is 0.857. The molecule has 1 aliphatic rings. The van der Waals surface area contributed by atoms with E-state index in [4.69, 9.17) is 4.74 Å². The molecule has 1 aromatic heterocycles. The first-order chi connectivity index (χ1) is 9.92. The highest BCUT2D eigenvalue weighted by atomic mass is 16.5. The van der Waals surface area contributed by atoms with E-state index in [1.54, 1.807) is 0 Å². The Balaban J connectivity index is 1.36. The third-order valence-corrected chi connectivity index (χ3v) is 3.50. The Labute approximate surface area is 119 Å². The summed E-state index contributed by atoms with van der Waals surface area (Å²) in [4.78, 5) is 8.99. The van der Waals surface area contributed by atoms with Crippen LogP contribution in [-0.4, -0.2) is 29.7 Å². The zero-order chi connectivity index (χ0) is 13.6. The van der Waals surface area contributed by atoms with Gasteiger partial charge in [-0.1, -0.05) is 12.1 Å². The molecular weight excluding hydrogens is 250 g/mol. The molecule has 0 amide bonds. The smallest absolute Gasteiger partial charge is 0.0890 e. The van der Waals surface area contributed by atoms with Crippen molar-refractivity contribution in [3.05, 3.63) is 36.2 Å². The van der Waals surface area contributed by atoms with E-state index in [0.29, 0.717) is 0 Å². The molecular formula is C16H21N3O. The van der Waals surface area contributed by atoms with E-state index in [-0.39, 0.29) is 0 Å². The van der Waals surface area contributed by atoms with E-state index in [1.807, 2.05) is 30.5 Å². The zero-order valence-corrected chi connectivity index (χ0v) is 11.7. The molecule has 1 aliphatic carbocycles. The van der Waals surface area contributed by atoms with Crippen LogP contribution in [0.1, 0.15) is 25.0 Å². The molecule has 0 atom stereocenters. The lowest BCUT2D eigenvalue weighted by molar-refractivity contribution is 0.122. The van der Waals surface area contributed by atoms with E-state index in [9.17, 15) is 0 Å². The summed E-state index contributed by atoms with van der Waals surface area (Å²) < 4.78 is 5.60. The predicted molar refractivity (Wildman–Crippen MR) is 79.4 cm³/mol. The van der Waals surface area contributed by atoms with Gasteiger partial charge < -0.3 is 10.1 Å². The quantitative estimate of drug-likeness (QED) is 0.750. The van der Waals surface area contributed by atoms with E-state index in [1.165, 1.54) is 12.8 Å². The van der Waals surface area contributed by atoms with Gasteiger partial charge in [-0.15, -0.1) is 0 Å². The number of hydrogen-bond acceptors (Lipinski definition) is 4. The molecule has 0 spiro atoms. The van der Waals surface area contributed by atoms with Gasteiger partial charge in [0.15, 0.2) is 0 Å². The van der Waals surface area contributed by atoms with Gasteiger partial charge in [0, 0.05) is 19.8 Å². The van der Waals surface area contributed by atoms with Crippen molar-refractivity contribution in [1.82, 2.24) is 15.3 Å². The van der Waals surface area contributed by atoms with Crippen LogP contribution in [0, 0.1) is 5.92 Å². The van der Waals surface area contributed by atoms with Crippen LogP contribution in [0.2, 0.25) is 0 Å². The van der Waals surface area contributed by atoms with E-state index in [2.05, 4.69) is 15.3 Å². The van der Waals surface area contributed by atoms with Crippen LogP contribution < -0.4 is 5.32 Å². The fraction of sp³-hybridized carbons (Fsp3) is 0.500. The van der Waals surface area contributed by atoms with Gasteiger partial charge in [-0.05, 0) is 43.9 Å². The highest BCUT2D eigenvalue weighted by Gasteiger charge is 2.20. The number of benzene rings is 1. The van der Waals surface area contributed by atoms with Crippen molar-refractivity contribution in [1.29, 1.82) is 0 Å². The highest BCUT2D eigenvalue weighted by molar-refractivity contribution is 5.73. The van der Waals surface area contributed by atoms with Gasteiger partial charge in [-0.2, -0.15) is 0 Å². The molecule has 4 nitrogen and oxygen atoms in total. The van der Waals surface area contributed by atoms with Crippen molar-refractivity contribution in [3.63, 3.8) is 0 Å². The first-order valence-corrected chi connectivity index (χ1v) is 7.41. The number of aromatic nitrogens is 2. The van der Waals surface area contributed by atoms with Gasteiger partial charge >= 0.3 is 0 Å². The average molecular weight is 271 g/mol. The Morgan fingerprint density at radius 1 is 1.20 bits per heavy atom. The minimum atomic E-state index is 0.764. The second-order valence-electron chi connectivity index (χ2n) is 5.40. The number of nitrogens with one attached hydrogen (secondary N) is 1. The maximum atomic E-state index is 5.60. The van der Waals surface area contributed by atoms with Crippen molar-refractivity contribution < 1.29 is 4.74 Å². The van der Waals surface area contributed by atoms with Crippen molar-refractivity contribution in [2.45, 2.75) is 25.8 Å². The van der Waals surface area contributed by atoms with Crippen LogP contribution in [0.5, 0.6) is 0 Å². The summed E-state index contributed by atoms with van der Waals surface area (Å²) in [5.41, 5.74) is 2.90. The van der Waals surface area contributed by atoms with Crippen LogP contribution in [0.3, 0.4) is 0 Å². The monoisotopic (exact) mass is 271 g/mol. The normalized spacial score (nSPS) is 14.8. The Hall–Kier alpha value is -1.52. The van der Waals surface area contributed by atoms with Gasteiger partial charge in [0.1, 0.15) is 0 Å². The number of ether oxygens (including phenoxy) is 1. The van der Waals surface area contributed by atoms with Crippen LogP contribution in [0.25, 0.3) is 11.0 Å². The lowest BCUT2D eigenvalue weighted by Gasteiger charge is -2.06. The first-order valence-electron chi connectivity index (χ1n) is 7.41. The molecule has 0 radical (unpaired) electrons. The maximum Gasteiger partial charge on any atom is 0.0890 e. The molecule has 4 heteroatoms. The zero-order valence-electron chi connectivity index (χ0n) is 11.7. The van der Waals surface area contributed by atoms with Gasteiger partial charge in [-0.25, -0.2) is 4.98 Å². The van der Waals surface area contributed by atoms with Gasteiger partial charge in [0.25, 0.3) is 0 Å². The van der Waals surface area contributed by atoms with E-state index < -0.39 is 0 Å². The number of fused-ring (bicyclic) bond motifs is 1. The number of rotatable bonds is 8. The van der Waals surface area contributed by atoms with Crippen molar-refractivity contribution in [3.8, 4) is 0 Å². The lowest BCUT2D eigenvalue weighted by Crippen LogP contribution is -2.17. The molecule has 3 rings (SSSR count). The fourth-order valence-corrected chi connectivity index (χ4v) is 2.13. The molecule has 0 aliphatic heterocycles. The molecule has 0 bridgehead atoms. The Morgan fingerprint density at radius 2 is 2.05 bits per heavy atom. The Morgan fingerprint density at radius 3 is 2.90 bits per heavy atom. The van der Waals surface area contributed by atoms with Crippen LogP contribution >= 0.6 is 0 Å². The minimum Gasteiger partial charge on any atom is -0.381 e. The Bertz CT molecular complexity index is 554. The van der Waals surface area contributed by atoms with Crippen LogP contribution in [-0.2, 0) is 11.3 Å². The highest BCUT2D eigenvalue weighted by Crippen LogP contribution is 2.28. The molecule has 1 saturated carbocycles. The summed E-state index contributed by atoms with van der Waals surface area (Å²) >= 11 is 0. The van der Waals surface area contributed by atoms with Crippen molar-refractivity contribution in [2.75, 3.05) is 19.8 Å². The van der Waals surface area contributed by atoms with Gasteiger partial charge in [-0.3, -0.25) is 4.98 Å². The molecule has 1 fully saturated rings. The summed E-state index contributed by atoms with van der Waals surface area (Å²) in [6, 6.07) is 7.95. The molecule has 1 heterocycles. The SMILES string of the molecule is c1ccc2nc(CNCCCOCC3CC3)cnc2c1. The predicted octanol–water partition coefficient (Wildman–Crippen LogP) is 2.54. The molecule has 0 unspecified atom stereocenters. The average Bonchev–Trinajstić information content (AvgIpc) is 3.30. The van der Waals surface area contributed by atoms with Crippen molar-refractivity contribution in [2.24, 2.45) is 5.92 Å². The molecule has 1 aromatic carbocycles. The molecule has 106 valence electrons. The molecule has 2 aromatic rings. The standard InChI is InChI=1S/C16H21N3O/c1-2-5-16-15(4-1)18-11-14(19-16)10-17-8-3-9-20-12-13-6-7-13/h1-2,4-5,11,13,17H,3,6-10,12H2. The van der Waals surface area contributed by atoms with E-state index >= 15 is 0 Å². The van der Waals surface area contributed by atoms with Crippen molar-refractivity contribution >= 4 is 11.0 Å². The number of nitrogens with zero attached hydrogens (tertiary/aromatic N) is 2. The summed E-state index contributed by atoms with van der Waals surface area (Å²) in [7, 11) is 0. The maximum absolute atomic E-state index is 5.60. The molecule has 1 N–H and O–H groups in total. The van der Waals surface area contributed by atoms with E-state index in [0.717, 1.165) is 55.4 Å². The second-order valence-corrected chi connectivity index (χ2v) is 5.40. The third kappa shape index (κ3) is 3.99. The summed E-state index contributed by atoms with van der Waals surface area (Å²) in [6.07, 6.45) is 5.62. The molecule has 0 saturated heterocycles. The largest absolute Gasteiger partial charge is 0.381 e.